The average molecular weight is 220 g/mol. The Balaban J connectivity index is 2.11. The van der Waals surface area contributed by atoms with E-state index in [0.29, 0.717) is 11.7 Å². The lowest BCUT2D eigenvalue weighted by molar-refractivity contribution is 0.0905. The van der Waals surface area contributed by atoms with Crippen molar-refractivity contribution in [2.45, 2.75) is 46.1 Å². The van der Waals surface area contributed by atoms with Crippen LogP contribution in [0.25, 0.3) is 0 Å². The minimum Gasteiger partial charge on any atom is -0.329 e. The van der Waals surface area contributed by atoms with Crippen molar-refractivity contribution >= 4 is 5.78 Å². The van der Waals surface area contributed by atoms with Gasteiger partial charge in [0.05, 0.1) is 0 Å². The van der Waals surface area contributed by atoms with Gasteiger partial charge < -0.3 is 4.57 Å². The molecule has 0 N–H and O–H groups in total. The van der Waals surface area contributed by atoms with E-state index in [2.05, 4.69) is 18.8 Å². The summed E-state index contributed by atoms with van der Waals surface area (Å²) in [4.78, 5) is 16.5. The highest BCUT2D eigenvalue weighted by atomic mass is 16.1. The van der Waals surface area contributed by atoms with Gasteiger partial charge in [-0.1, -0.05) is 13.8 Å². The molecule has 0 aromatic carbocycles. The van der Waals surface area contributed by atoms with Gasteiger partial charge in [-0.2, -0.15) is 0 Å². The lowest BCUT2D eigenvalue weighted by Gasteiger charge is -2.10. The number of rotatable bonds is 4. The zero-order chi connectivity index (χ0) is 11.5. The number of hydrogen-bond donors (Lipinski definition) is 0. The number of aryl methyl sites for hydroxylation is 1. The summed E-state index contributed by atoms with van der Waals surface area (Å²) in [5.41, 5.74) is 0. The van der Waals surface area contributed by atoms with Crippen molar-refractivity contribution in [2.24, 2.45) is 11.8 Å². The van der Waals surface area contributed by atoms with Gasteiger partial charge in [-0.25, -0.2) is 4.98 Å². The van der Waals surface area contributed by atoms with Crippen LogP contribution in [0.5, 0.6) is 0 Å². The van der Waals surface area contributed by atoms with E-state index in [1.165, 1.54) is 6.42 Å². The summed E-state index contributed by atoms with van der Waals surface area (Å²) in [6.07, 6.45) is 7.95. The number of imidazole rings is 1. The van der Waals surface area contributed by atoms with E-state index in [-0.39, 0.29) is 11.7 Å². The van der Waals surface area contributed by atoms with E-state index >= 15 is 0 Å². The second-order valence-corrected chi connectivity index (χ2v) is 4.92. The monoisotopic (exact) mass is 220 g/mol. The summed E-state index contributed by atoms with van der Waals surface area (Å²) in [5, 5.41) is 0. The largest absolute Gasteiger partial charge is 0.329 e. The molecule has 0 radical (unpaired) electrons. The smallest absolute Gasteiger partial charge is 0.201 e. The first-order valence-corrected chi connectivity index (χ1v) is 6.27. The molecule has 16 heavy (non-hydrogen) atoms. The number of ketones is 1. The third-order valence-electron chi connectivity index (χ3n) is 3.47. The molecule has 0 bridgehead atoms. The molecule has 1 fully saturated rings. The molecule has 0 amide bonds. The first kappa shape index (κ1) is 11.4. The highest BCUT2D eigenvalue weighted by molar-refractivity contribution is 5.94. The van der Waals surface area contributed by atoms with Crippen LogP contribution in [-0.4, -0.2) is 15.3 Å². The zero-order valence-corrected chi connectivity index (χ0v) is 10.1. The summed E-state index contributed by atoms with van der Waals surface area (Å²) in [6, 6.07) is 0. The third-order valence-corrected chi connectivity index (χ3v) is 3.47. The Morgan fingerprint density at radius 2 is 2.38 bits per heavy atom. The van der Waals surface area contributed by atoms with Crippen LogP contribution in [0, 0.1) is 11.8 Å². The minimum absolute atomic E-state index is 0.216. The number of carbonyl (C=O) groups is 1. The van der Waals surface area contributed by atoms with Crippen molar-refractivity contribution in [2.75, 3.05) is 0 Å². The highest BCUT2D eigenvalue weighted by Crippen LogP contribution is 2.32. The van der Waals surface area contributed by atoms with E-state index < -0.39 is 0 Å². The maximum absolute atomic E-state index is 12.3. The van der Waals surface area contributed by atoms with Crippen LogP contribution in [0.15, 0.2) is 12.4 Å². The predicted molar refractivity (Wildman–Crippen MR) is 63.4 cm³/mol. The molecular weight excluding hydrogens is 200 g/mol. The first-order valence-electron chi connectivity index (χ1n) is 6.27. The Morgan fingerprint density at radius 3 is 3.00 bits per heavy atom. The molecule has 1 aromatic rings. The standard InChI is InChI=1S/C13H20N2O/c1-3-7-15-8-6-14-13(15)12(16)11-5-4-10(2)9-11/h6,8,10-11H,3-5,7,9H2,1-2H3. The molecule has 2 rings (SSSR count). The Bertz CT molecular complexity index is 370. The molecule has 1 aromatic heterocycles. The first-order chi connectivity index (χ1) is 7.72. The molecule has 0 aliphatic heterocycles. The van der Waals surface area contributed by atoms with Gasteiger partial charge in [0.25, 0.3) is 0 Å². The average Bonchev–Trinajstić information content (AvgIpc) is 2.87. The normalized spacial score (nSPS) is 24.9. The van der Waals surface area contributed by atoms with Crippen LogP contribution in [0.2, 0.25) is 0 Å². The number of nitrogens with zero attached hydrogens (tertiary/aromatic N) is 2. The Labute approximate surface area is 96.9 Å². The minimum atomic E-state index is 0.216. The molecule has 2 unspecified atom stereocenters. The molecule has 1 aliphatic carbocycles. The summed E-state index contributed by atoms with van der Waals surface area (Å²) in [5.74, 6) is 1.83. The van der Waals surface area contributed by atoms with Crippen molar-refractivity contribution in [3.63, 3.8) is 0 Å². The van der Waals surface area contributed by atoms with E-state index in [4.69, 9.17) is 0 Å². The number of Topliss-reactive ketones (excluding diaryl/α,β-unsaturated/α-hetero) is 1. The lowest BCUT2D eigenvalue weighted by atomic mass is 10.0. The van der Waals surface area contributed by atoms with E-state index in [1.54, 1.807) is 6.20 Å². The van der Waals surface area contributed by atoms with Gasteiger partial charge in [0.2, 0.25) is 5.78 Å². The van der Waals surface area contributed by atoms with Crippen molar-refractivity contribution in [1.82, 2.24) is 9.55 Å². The molecule has 88 valence electrons. The molecule has 1 aliphatic rings. The molecule has 1 saturated carbocycles. The van der Waals surface area contributed by atoms with Gasteiger partial charge in [0, 0.05) is 24.9 Å². The van der Waals surface area contributed by atoms with Crippen LogP contribution >= 0.6 is 0 Å². The quantitative estimate of drug-likeness (QED) is 0.731. The van der Waals surface area contributed by atoms with E-state index in [1.807, 2.05) is 10.8 Å². The second-order valence-electron chi connectivity index (χ2n) is 4.92. The van der Waals surface area contributed by atoms with Gasteiger partial charge in [-0.15, -0.1) is 0 Å². The maximum atomic E-state index is 12.3. The summed E-state index contributed by atoms with van der Waals surface area (Å²) >= 11 is 0. The molecule has 2 atom stereocenters. The SMILES string of the molecule is CCCn1ccnc1C(=O)C1CCC(C)C1. The Hall–Kier alpha value is -1.12. The predicted octanol–water partition coefficient (Wildman–Crippen LogP) is 2.91. The third kappa shape index (κ3) is 2.18. The fourth-order valence-electron chi connectivity index (χ4n) is 2.58. The molecule has 0 saturated heterocycles. The van der Waals surface area contributed by atoms with Crippen molar-refractivity contribution in [3.05, 3.63) is 18.2 Å². The van der Waals surface area contributed by atoms with Crippen molar-refractivity contribution < 1.29 is 4.79 Å². The van der Waals surface area contributed by atoms with Gasteiger partial charge in [0.15, 0.2) is 5.82 Å². The van der Waals surface area contributed by atoms with E-state index in [9.17, 15) is 4.79 Å². The van der Waals surface area contributed by atoms with Crippen LogP contribution < -0.4 is 0 Å². The Kier molecular flexibility index (Phi) is 3.42. The van der Waals surface area contributed by atoms with Gasteiger partial charge >= 0.3 is 0 Å². The number of carbonyl (C=O) groups excluding carboxylic acids is 1. The topological polar surface area (TPSA) is 34.9 Å². The van der Waals surface area contributed by atoms with Gasteiger partial charge in [-0.05, 0) is 31.6 Å². The van der Waals surface area contributed by atoms with E-state index in [0.717, 1.165) is 25.8 Å². The second kappa shape index (κ2) is 4.81. The molecule has 3 nitrogen and oxygen atoms in total. The van der Waals surface area contributed by atoms with Crippen LogP contribution in [0.1, 0.15) is 50.1 Å². The molecular formula is C13H20N2O. The zero-order valence-electron chi connectivity index (χ0n) is 10.1. The lowest BCUT2D eigenvalue weighted by Crippen LogP contribution is -2.17. The Morgan fingerprint density at radius 1 is 1.56 bits per heavy atom. The summed E-state index contributed by atoms with van der Waals surface area (Å²) < 4.78 is 1.99. The fraction of sp³-hybridized carbons (Fsp3) is 0.692. The maximum Gasteiger partial charge on any atom is 0.201 e. The van der Waals surface area contributed by atoms with Crippen molar-refractivity contribution in [3.8, 4) is 0 Å². The molecule has 1 heterocycles. The van der Waals surface area contributed by atoms with Gasteiger partial charge in [0.1, 0.15) is 0 Å². The van der Waals surface area contributed by atoms with Crippen LogP contribution in [-0.2, 0) is 6.54 Å². The number of hydrogen-bond acceptors (Lipinski definition) is 2. The summed E-state index contributed by atoms with van der Waals surface area (Å²) in [6.45, 7) is 5.24. The summed E-state index contributed by atoms with van der Waals surface area (Å²) in [7, 11) is 0. The molecule has 0 spiro atoms. The van der Waals surface area contributed by atoms with Crippen molar-refractivity contribution in [1.29, 1.82) is 0 Å². The molecule has 3 heteroatoms. The fourth-order valence-corrected chi connectivity index (χ4v) is 2.58. The highest BCUT2D eigenvalue weighted by Gasteiger charge is 2.30. The number of aromatic nitrogens is 2. The van der Waals surface area contributed by atoms with Crippen LogP contribution in [0.4, 0.5) is 0 Å². The van der Waals surface area contributed by atoms with Gasteiger partial charge in [-0.3, -0.25) is 4.79 Å². The van der Waals surface area contributed by atoms with Crippen LogP contribution in [0.3, 0.4) is 0 Å².